The summed E-state index contributed by atoms with van der Waals surface area (Å²) in [6, 6.07) is 2.93. The summed E-state index contributed by atoms with van der Waals surface area (Å²) in [4.78, 5) is 12.5. The zero-order valence-corrected chi connectivity index (χ0v) is 23.6. The average Bonchev–Trinajstić information content (AvgIpc) is 3.57. The number of likely N-dealkylation sites (N-methyl/N-ethyl adjacent to an activating group) is 1. The molecule has 4 heterocycles. The lowest BCUT2D eigenvalue weighted by Gasteiger charge is -2.40. The van der Waals surface area contributed by atoms with Crippen molar-refractivity contribution in [3.05, 3.63) is 46.3 Å². The van der Waals surface area contributed by atoms with Crippen LogP contribution >= 0.6 is 11.3 Å². The Bertz CT molecular complexity index is 1590. The number of halogens is 5. The quantitative estimate of drug-likeness (QED) is 0.392. The summed E-state index contributed by atoms with van der Waals surface area (Å²) in [5.74, 6) is -5.06. The highest BCUT2D eigenvalue weighted by Gasteiger charge is 2.78. The number of alkyl halides is 5. The predicted octanol–water partition coefficient (Wildman–Crippen LogP) is 2.79. The minimum atomic E-state index is -4.80. The number of carbonyl (C=O) groups excluding carboxylic acids is 1. The van der Waals surface area contributed by atoms with Crippen LogP contribution in [0.5, 0.6) is 0 Å². The maximum Gasteiger partial charge on any atom is 0.418 e. The third kappa shape index (κ3) is 4.19. The van der Waals surface area contributed by atoms with Crippen molar-refractivity contribution in [1.29, 1.82) is 0 Å². The van der Waals surface area contributed by atoms with Crippen molar-refractivity contribution in [2.24, 2.45) is 15.9 Å². The molecule has 0 radical (unpaired) electrons. The van der Waals surface area contributed by atoms with Crippen LogP contribution in [0.15, 0.2) is 44.7 Å². The van der Waals surface area contributed by atoms with Crippen molar-refractivity contribution in [3.8, 4) is 0 Å². The minimum absolute atomic E-state index is 0.121. The number of anilines is 1. The molecule has 2 saturated heterocycles. The highest BCUT2D eigenvalue weighted by Crippen LogP contribution is 2.54. The lowest BCUT2D eigenvalue weighted by Crippen LogP contribution is -2.54. The van der Waals surface area contributed by atoms with E-state index in [0.717, 1.165) is 22.5 Å². The second-order valence-electron chi connectivity index (χ2n) is 10.4. The topological polar surface area (TPSA) is 129 Å². The molecule has 1 aromatic carbocycles. The number of aliphatic hydroxyl groups is 1. The fourth-order valence-corrected chi connectivity index (χ4v) is 8.76. The average molecular weight is 622 g/mol. The second-order valence-corrected chi connectivity index (χ2v) is 13.6. The normalized spacial score (nSPS) is 30.0. The molecule has 4 atom stereocenters. The van der Waals surface area contributed by atoms with Crippen LogP contribution in [0.25, 0.3) is 0 Å². The first-order valence-electron chi connectivity index (χ1n) is 12.3. The summed E-state index contributed by atoms with van der Waals surface area (Å²) >= 11 is 0.479. The Balaban J connectivity index is 1.42. The van der Waals surface area contributed by atoms with E-state index >= 15 is 8.78 Å². The number of quaternary nitrogens is 1. The fraction of sp³-hybridized carbons (Fsp3) is 0.458. The molecule has 1 aromatic heterocycles. The SMILES string of the molecule is CC1CN(c2ccc(C(N)=O)cc2C(F)(F)F)CCN1S(=O)(=O)c1ccc(C2(O)C3=NN=C[N+]3(C)C(C)C2(F)F)s1. The molecule has 222 valence electrons. The van der Waals surface area contributed by atoms with E-state index in [1.165, 1.54) is 38.2 Å². The molecule has 0 aliphatic carbocycles. The summed E-state index contributed by atoms with van der Waals surface area (Å²) < 4.78 is 99.8. The van der Waals surface area contributed by atoms with Gasteiger partial charge in [0.15, 0.2) is 6.04 Å². The first-order chi connectivity index (χ1) is 18.9. The second kappa shape index (κ2) is 9.26. The number of nitrogens with zero attached hydrogens (tertiary/aromatic N) is 5. The molecule has 3 aliphatic rings. The first-order valence-corrected chi connectivity index (χ1v) is 14.6. The molecule has 3 N–H and O–H groups in total. The van der Waals surface area contributed by atoms with Crippen LogP contribution in [0, 0.1) is 0 Å². The maximum atomic E-state index is 15.5. The van der Waals surface area contributed by atoms with Gasteiger partial charge in [-0.05, 0) is 44.2 Å². The van der Waals surface area contributed by atoms with E-state index in [2.05, 4.69) is 10.2 Å². The van der Waals surface area contributed by atoms with Crippen LogP contribution in [0.1, 0.15) is 34.6 Å². The maximum absolute atomic E-state index is 15.5. The fourth-order valence-electron chi connectivity index (χ4n) is 5.58. The molecule has 1 amide bonds. The molecule has 4 unspecified atom stereocenters. The summed E-state index contributed by atoms with van der Waals surface area (Å²) in [5, 5.41) is 18.8. The van der Waals surface area contributed by atoms with Gasteiger partial charge < -0.3 is 15.7 Å². The molecular formula is C24H26F5N6O4S2+. The van der Waals surface area contributed by atoms with E-state index in [1.54, 1.807) is 0 Å². The number of primary amides is 1. The number of rotatable bonds is 5. The van der Waals surface area contributed by atoms with Gasteiger partial charge in [0.1, 0.15) is 4.21 Å². The highest BCUT2D eigenvalue weighted by molar-refractivity contribution is 7.91. The van der Waals surface area contributed by atoms with E-state index in [0.29, 0.717) is 17.4 Å². The minimum Gasteiger partial charge on any atom is -0.368 e. The van der Waals surface area contributed by atoms with E-state index in [9.17, 15) is 31.5 Å². The number of fused-ring (bicyclic) bond motifs is 1. The monoisotopic (exact) mass is 621 g/mol. The number of piperazine rings is 1. The number of sulfonamides is 1. The molecule has 2 aromatic rings. The zero-order valence-electron chi connectivity index (χ0n) is 21.9. The third-order valence-electron chi connectivity index (χ3n) is 8.03. The largest absolute Gasteiger partial charge is 0.418 e. The van der Waals surface area contributed by atoms with Gasteiger partial charge in [0.25, 0.3) is 21.5 Å². The third-order valence-corrected chi connectivity index (χ3v) is 11.7. The van der Waals surface area contributed by atoms with Gasteiger partial charge in [0.05, 0.1) is 17.5 Å². The Hall–Kier alpha value is -2.99. The lowest BCUT2D eigenvalue weighted by molar-refractivity contribution is -0.744. The van der Waals surface area contributed by atoms with E-state index in [1.807, 2.05) is 0 Å². The van der Waals surface area contributed by atoms with Crippen LogP contribution in [0.4, 0.5) is 27.6 Å². The van der Waals surface area contributed by atoms with Gasteiger partial charge in [-0.15, -0.1) is 11.3 Å². The van der Waals surface area contributed by atoms with Gasteiger partial charge in [0.2, 0.25) is 12.2 Å². The first kappa shape index (κ1) is 29.5. The van der Waals surface area contributed by atoms with Gasteiger partial charge in [-0.25, -0.2) is 12.9 Å². The smallest absolute Gasteiger partial charge is 0.368 e. The number of carbonyl (C=O) groups is 1. The van der Waals surface area contributed by atoms with Crippen LogP contribution in [0.3, 0.4) is 0 Å². The molecule has 0 saturated carbocycles. The number of amides is 1. The van der Waals surface area contributed by atoms with Gasteiger partial charge in [-0.3, -0.25) is 4.79 Å². The number of benzene rings is 1. The Morgan fingerprint density at radius 3 is 2.49 bits per heavy atom. The van der Waals surface area contributed by atoms with Gasteiger partial charge in [-0.2, -0.15) is 26.3 Å². The summed E-state index contributed by atoms with van der Waals surface area (Å²) in [7, 11) is -2.87. The summed E-state index contributed by atoms with van der Waals surface area (Å²) in [5.41, 5.74) is 0.613. The van der Waals surface area contributed by atoms with Gasteiger partial charge in [-0.1, -0.05) is 10.2 Å². The molecule has 0 spiro atoms. The summed E-state index contributed by atoms with van der Waals surface area (Å²) in [6.07, 6.45) is -3.62. The van der Waals surface area contributed by atoms with Crippen molar-refractivity contribution >= 4 is 45.1 Å². The number of hydrogen-bond acceptors (Lipinski definition) is 8. The molecule has 0 bridgehead atoms. The van der Waals surface area contributed by atoms with Crippen molar-refractivity contribution in [3.63, 3.8) is 0 Å². The molecule has 3 aliphatic heterocycles. The Labute approximate surface area is 235 Å². The van der Waals surface area contributed by atoms with Crippen LogP contribution in [0.2, 0.25) is 0 Å². The Morgan fingerprint density at radius 2 is 1.88 bits per heavy atom. The van der Waals surface area contributed by atoms with Crippen molar-refractivity contribution < 1.29 is 44.8 Å². The predicted molar refractivity (Wildman–Crippen MR) is 140 cm³/mol. The lowest BCUT2D eigenvalue weighted by atomic mass is 9.93. The number of amidine groups is 1. The summed E-state index contributed by atoms with van der Waals surface area (Å²) in [6.45, 7) is 2.29. The van der Waals surface area contributed by atoms with Crippen molar-refractivity contribution in [2.45, 2.75) is 47.8 Å². The van der Waals surface area contributed by atoms with Crippen LogP contribution in [-0.2, 0) is 21.8 Å². The highest BCUT2D eigenvalue weighted by atomic mass is 32.2. The Kier molecular flexibility index (Phi) is 6.66. The van der Waals surface area contributed by atoms with Gasteiger partial charge in [0, 0.05) is 36.9 Å². The zero-order chi connectivity index (χ0) is 30.3. The number of thiophene rings is 1. The van der Waals surface area contributed by atoms with Crippen molar-refractivity contribution in [2.75, 3.05) is 31.6 Å². The van der Waals surface area contributed by atoms with Crippen LogP contribution in [-0.4, -0.2) is 85.1 Å². The van der Waals surface area contributed by atoms with Crippen molar-refractivity contribution in [1.82, 2.24) is 4.31 Å². The van der Waals surface area contributed by atoms with E-state index in [4.69, 9.17) is 5.73 Å². The number of hydrogen-bond donors (Lipinski definition) is 2. The van der Waals surface area contributed by atoms with E-state index in [-0.39, 0.29) is 45.8 Å². The molecule has 41 heavy (non-hydrogen) atoms. The molecular weight excluding hydrogens is 595 g/mol. The van der Waals surface area contributed by atoms with Crippen LogP contribution < -0.4 is 10.6 Å². The molecule has 10 nitrogen and oxygen atoms in total. The molecule has 17 heteroatoms. The molecule has 2 fully saturated rings. The van der Waals surface area contributed by atoms with E-state index < -0.39 is 55.8 Å². The standard InChI is InChI=1S/C24H25F5N6O4S2/c1-13-11-33(17-5-4-15(20(30)36)10-16(17)24(27,28)29)8-9-34(13)41(38,39)19-7-6-18(40-19)22(37)21-32-31-12-35(21,3)14(2)23(22,25)26/h4-7,10,12-14,37H,8-9,11H2,1-3H3,(H-,30,36)/p+1. The number of nitrogens with two attached hydrogens (primary N) is 1. The Morgan fingerprint density at radius 1 is 1.20 bits per heavy atom. The molecule has 5 rings (SSSR count). The van der Waals surface area contributed by atoms with Gasteiger partial charge >= 0.3 is 12.1 Å².